The highest BCUT2D eigenvalue weighted by Gasteiger charge is 2.22. The number of carbonyl (C=O) groups excluding carboxylic acids is 1. The maximum Gasteiger partial charge on any atom is 0.310 e. The number of ether oxygens (including phenoxy) is 1. The largest absolute Gasteiger partial charge is 0.469 e. The van der Waals surface area contributed by atoms with Crippen LogP contribution in [0.5, 0.6) is 0 Å². The fourth-order valence-corrected chi connectivity index (χ4v) is 1.53. The summed E-state index contributed by atoms with van der Waals surface area (Å²) in [5.41, 5.74) is -0.596. The van der Waals surface area contributed by atoms with E-state index in [9.17, 15) is 13.6 Å². The molecule has 1 aromatic heterocycles. The first-order valence-corrected chi connectivity index (χ1v) is 5.40. The molecule has 1 aromatic rings. The van der Waals surface area contributed by atoms with Crippen molar-refractivity contribution in [3.8, 4) is 6.07 Å². The highest BCUT2D eigenvalue weighted by atomic mass is 35.5. The van der Waals surface area contributed by atoms with Crippen LogP contribution in [0.4, 0.5) is 8.78 Å². The van der Waals surface area contributed by atoms with Gasteiger partial charge in [-0.1, -0.05) is 0 Å². The SMILES string of the molecule is COC(=O)Cc1c(C#N)cc(CCl)nc1C(F)F. The van der Waals surface area contributed by atoms with Gasteiger partial charge in [0.1, 0.15) is 5.69 Å². The first-order chi connectivity index (χ1) is 8.53. The molecule has 0 spiro atoms. The van der Waals surface area contributed by atoms with E-state index in [1.54, 1.807) is 6.07 Å². The summed E-state index contributed by atoms with van der Waals surface area (Å²) >= 11 is 5.51. The molecular formula is C11H9ClF2N2O2. The monoisotopic (exact) mass is 274 g/mol. The summed E-state index contributed by atoms with van der Waals surface area (Å²) in [6.07, 6.45) is -3.31. The molecule has 0 atom stereocenters. The van der Waals surface area contributed by atoms with Crippen molar-refractivity contribution < 1.29 is 18.3 Å². The van der Waals surface area contributed by atoms with Crippen molar-refractivity contribution in [3.05, 3.63) is 28.6 Å². The van der Waals surface area contributed by atoms with Gasteiger partial charge in [-0.3, -0.25) is 9.78 Å². The minimum absolute atomic E-state index is 0.0404. The Labute approximate surface area is 107 Å². The number of esters is 1. The number of methoxy groups -OCH3 is 1. The Morgan fingerprint density at radius 1 is 1.67 bits per heavy atom. The molecule has 0 aliphatic heterocycles. The summed E-state index contributed by atoms with van der Waals surface area (Å²) in [4.78, 5) is 14.8. The van der Waals surface area contributed by atoms with Crippen LogP contribution in [0.15, 0.2) is 6.07 Å². The predicted molar refractivity (Wildman–Crippen MR) is 59.2 cm³/mol. The molecule has 0 radical (unpaired) electrons. The molecule has 0 amide bonds. The van der Waals surface area contributed by atoms with Crippen molar-refractivity contribution in [3.63, 3.8) is 0 Å². The first-order valence-electron chi connectivity index (χ1n) is 4.87. The third-order valence-corrected chi connectivity index (χ3v) is 2.50. The van der Waals surface area contributed by atoms with Crippen LogP contribution in [-0.2, 0) is 21.8 Å². The summed E-state index contributed by atoms with van der Waals surface area (Å²) in [5, 5.41) is 8.91. The van der Waals surface area contributed by atoms with Crippen LogP contribution in [0.2, 0.25) is 0 Å². The number of hydrogen-bond donors (Lipinski definition) is 0. The third kappa shape index (κ3) is 3.14. The number of alkyl halides is 3. The second-order valence-electron chi connectivity index (χ2n) is 3.32. The summed E-state index contributed by atoms with van der Waals surface area (Å²) in [7, 11) is 1.14. The number of rotatable bonds is 4. The summed E-state index contributed by atoms with van der Waals surface area (Å²) in [5.74, 6) is -0.804. The van der Waals surface area contributed by atoms with Gasteiger partial charge < -0.3 is 4.74 Å². The van der Waals surface area contributed by atoms with Gasteiger partial charge in [-0.25, -0.2) is 8.78 Å². The molecule has 0 bridgehead atoms. The summed E-state index contributed by atoms with van der Waals surface area (Å²) < 4.78 is 30.1. The number of aromatic nitrogens is 1. The number of halogens is 3. The molecular weight excluding hydrogens is 266 g/mol. The van der Waals surface area contributed by atoms with E-state index in [0.717, 1.165) is 7.11 Å². The van der Waals surface area contributed by atoms with Gasteiger partial charge in [0.15, 0.2) is 0 Å². The number of carbonyl (C=O) groups is 1. The van der Waals surface area contributed by atoms with E-state index in [4.69, 9.17) is 16.9 Å². The minimum atomic E-state index is -2.89. The lowest BCUT2D eigenvalue weighted by atomic mass is 10.0. The van der Waals surface area contributed by atoms with Gasteiger partial charge >= 0.3 is 5.97 Å². The lowest BCUT2D eigenvalue weighted by Crippen LogP contribution is -2.11. The lowest BCUT2D eigenvalue weighted by Gasteiger charge is -2.10. The second-order valence-corrected chi connectivity index (χ2v) is 3.59. The number of pyridine rings is 1. The average molecular weight is 275 g/mol. The molecule has 0 aromatic carbocycles. The predicted octanol–water partition coefficient (Wildman–Crippen LogP) is 2.35. The fourth-order valence-electron chi connectivity index (χ4n) is 1.40. The molecule has 0 fully saturated rings. The van der Waals surface area contributed by atoms with Crippen molar-refractivity contribution in [2.45, 2.75) is 18.7 Å². The number of nitrogens with zero attached hydrogens (tertiary/aromatic N) is 2. The van der Waals surface area contributed by atoms with Crippen LogP contribution >= 0.6 is 11.6 Å². The molecule has 0 aliphatic carbocycles. The third-order valence-electron chi connectivity index (χ3n) is 2.22. The topological polar surface area (TPSA) is 63.0 Å². The molecule has 0 N–H and O–H groups in total. The normalized spacial score (nSPS) is 10.2. The Balaban J connectivity index is 3.36. The average Bonchev–Trinajstić information content (AvgIpc) is 2.38. The van der Waals surface area contributed by atoms with Gasteiger partial charge in [0.25, 0.3) is 6.43 Å². The highest BCUT2D eigenvalue weighted by Crippen LogP contribution is 2.25. The zero-order valence-electron chi connectivity index (χ0n) is 9.41. The van der Waals surface area contributed by atoms with Crippen LogP contribution < -0.4 is 0 Å². The number of hydrogen-bond acceptors (Lipinski definition) is 4. The molecule has 4 nitrogen and oxygen atoms in total. The van der Waals surface area contributed by atoms with Gasteiger partial charge in [-0.05, 0) is 6.07 Å². The molecule has 7 heteroatoms. The molecule has 1 rings (SSSR count). The van der Waals surface area contributed by atoms with Crippen molar-refractivity contribution in [1.82, 2.24) is 4.98 Å². The molecule has 0 saturated heterocycles. The van der Waals surface area contributed by atoms with Crippen molar-refractivity contribution >= 4 is 17.6 Å². The maximum absolute atomic E-state index is 12.8. The molecule has 1 heterocycles. The van der Waals surface area contributed by atoms with E-state index in [1.807, 2.05) is 0 Å². The minimum Gasteiger partial charge on any atom is -0.469 e. The quantitative estimate of drug-likeness (QED) is 0.624. The Morgan fingerprint density at radius 3 is 2.78 bits per heavy atom. The standard InChI is InChI=1S/C11H9ClF2N2O2/c1-18-9(17)3-8-6(5-15)2-7(4-12)16-10(8)11(13)14/h2,11H,3-4H2,1H3. The van der Waals surface area contributed by atoms with E-state index in [0.29, 0.717) is 0 Å². The van der Waals surface area contributed by atoms with Gasteiger partial charge in [0.05, 0.1) is 36.7 Å². The zero-order valence-corrected chi connectivity index (χ0v) is 10.2. The van der Waals surface area contributed by atoms with E-state index < -0.39 is 24.5 Å². The molecule has 0 aliphatic rings. The van der Waals surface area contributed by atoms with Crippen LogP contribution in [0, 0.1) is 11.3 Å². The van der Waals surface area contributed by atoms with Crippen LogP contribution in [0.1, 0.15) is 28.9 Å². The van der Waals surface area contributed by atoms with Gasteiger partial charge in [0, 0.05) is 5.56 Å². The smallest absolute Gasteiger partial charge is 0.310 e. The van der Waals surface area contributed by atoms with Crippen molar-refractivity contribution in [2.75, 3.05) is 7.11 Å². The second kappa shape index (κ2) is 6.26. The van der Waals surface area contributed by atoms with Crippen molar-refractivity contribution in [2.24, 2.45) is 0 Å². The van der Waals surface area contributed by atoms with Gasteiger partial charge in [-0.15, -0.1) is 11.6 Å². The van der Waals surface area contributed by atoms with Crippen LogP contribution in [-0.4, -0.2) is 18.1 Å². The molecule has 18 heavy (non-hydrogen) atoms. The van der Waals surface area contributed by atoms with Crippen molar-refractivity contribution in [1.29, 1.82) is 5.26 Å². The first kappa shape index (κ1) is 14.3. The zero-order chi connectivity index (χ0) is 13.7. The Morgan fingerprint density at radius 2 is 2.33 bits per heavy atom. The van der Waals surface area contributed by atoms with E-state index in [1.165, 1.54) is 6.07 Å². The summed E-state index contributed by atoms with van der Waals surface area (Å²) in [6, 6.07) is 3.04. The Hall–Kier alpha value is -1.74. The van der Waals surface area contributed by atoms with E-state index in [-0.39, 0.29) is 22.7 Å². The van der Waals surface area contributed by atoms with Crippen LogP contribution in [0.3, 0.4) is 0 Å². The van der Waals surface area contributed by atoms with Crippen LogP contribution in [0.25, 0.3) is 0 Å². The van der Waals surface area contributed by atoms with Gasteiger partial charge in [0.2, 0.25) is 0 Å². The number of nitriles is 1. The van der Waals surface area contributed by atoms with E-state index in [2.05, 4.69) is 9.72 Å². The molecule has 0 saturated carbocycles. The van der Waals surface area contributed by atoms with Gasteiger partial charge in [-0.2, -0.15) is 5.26 Å². The Kier molecular flexibility index (Phi) is 4.98. The van der Waals surface area contributed by atoms with E-state index >= 15 is 0 Å². The summed E-state index contributed by atoms with van der Waals surface area (Å²) in [6.45, 7) is 0. The Bertz CT molecular complexity index is 501. The molecule has 96 valence electrons. The molecule has 0 unspecified atom stereocenters. The lowest BCUT2D eigenvalue weighted by molar-refractivity contribution is -0.139. The highest BCUT2D eigenvalue weighted by molar-refractivity contribution is 6.16. The maximum atomic E-state index is 12.8. The fraction of sp³-hybridized carbons (Fsp3) is 0.364.